The van der Waals surface area contributed by atoms with Crippen molar-refractivity contribution in [1.82, 2.24) is 10.3 Å². The zero-order chi connectivity index (χ0) is 15.9. The van der Waals surface area contributed by atoms with Crippen LogP contribution in [-0.4, -0.2) is 16.9 Å². The molecule has 0 unspecified atom stereocenters. The number of amides is 1. The molecule has 3 nitrogen and oxygen atoms in total. The lowest BCUT2D eigenvalue weighted by molar-refractivity contribution is -0.121. The van der Waals surface area contributed by atoms with Crippen LogP contribution in [0, 0.1) is 0 Å². The Kier molecular flexibility index (Phi) is 5.81. The molecule has 1 N–H and O–H groups in total. The van der Waals surface area contributed by atoms with Crippen LogP contribution in [0.4, 0.5) is 0 Å². The van der Waals surface area contributed by atoms with Crippen molar-refractivity contribution in [2.24, 2.45) is 0 Å². The van der Waals surface area contributed by atoms with Crippen LogP contribution >= 0.6 is 11.3 Å². The highest BCUT2D eigenvalue weighted by molar-refractivity contribution is 7.09. The fourth-order valence-corrected chi connectivity index (χ4v) is 3.98. The molecule has 0 atom stereocenters. The van der Waals surface area contributed by atoms with E-state index in [1.54, 1.807) is 11.3 Å². The van der Waals surface area contributed by atoms with E-state index in [2.05, 4.69) is 22.4 Å². The molecular formula is C19H24N2OS. The number of rotatable bonds is 5. The van der Waals surface area contributed by atoms with E-state index in [4.69, 9.17) is 0 Å². The highest BCUT2D eigenvalue weighted by Crippen LogP contribution is 2.18. The first-order valence-corrected chi connectivity index (χ1v) is 9.44. The summed E-state index contributed by atoms with van der Waals surface area (Å²) in [5.74, 6) is 0.119. The van der Waals surface area contributed by atoms with Crippen molar-refractivity contribution in [2.75, 3.05) is 0 Å². The first-order chi connectivity index (χ1) is 11.3. The Morgan fingerprint density at radius 2 is 1.87 bits per heavy atom. The van der Waals surface area contributed by atoms with Gasteiger partial charge in [0.2, 0.25) is 5.91 Å². The normalized spacial score (nSPS) is 16.0. The summed E-state index contributed by atoms with van der Waals surface area (Å²) in [5, 5.41) is 6.29. The monoisotopic (exact) mass is 328 g/mol. The van der Waals surface area contributed by atoms with Crippen molar-refractivity contribution in [3.63, 3.8) is 0 Å². The third-order valence-electron chi connectivity index (χ3n) is 4.36. The standard InChI is InChI=1S/C19H24N2OS/c22-18(20-16-10-6-1-2-7-11-16)13-17-14-23-19(21-17)12-15-8-4-3-5-9-15/h3-5,8-9,14,16H,1-2,6-7,10-13H2,(H,20,22). The summed E-state index contributed by atoms with van der Waals surface area (Å²) in [6, 6.07) is 10.7. The number of thiazole rings is 1. The van der Waals surface area contributed by atoms with Gasteiger partial charge in [0.25, 0.3) is 0 Å². The second-order valence-corrected chi connectivity index (χ2v) is 7.27. The summed E-state index contributed by atoms with van der Waals surface area (Å²) in [5.41, 5.74) is 2.16. The van der Waals surface area contributed by atoms with Gasteiger partial charge in [-0.1, -0.05) is 56.0 Å². The summed E-state index contributed by atoms with van der Waals surface area (Å²) in [7, 11) is 0. The number of benzene rings is 1. The molecule has 0 bridgehead atoms. The molecule has 1 saturated carbocycles. The minimum Gasteiger partial charge on any atom is -0.353 e. The molecular weight excluding hydrogens is 304 g/mol. The van der Waals surface area contributed by atoms with Gasteiger partial charge < -0.3 is 5.32 Å². The van der Waals surface area contributed by atoms with E-state index in [9.17, 15) is 4.79 Å². The van der Waals surface area contributed by atoms with E-state index in [0.29, 0.717) is 12.5 Å². The summed E-state index contributed by atoms with van der Waals surface area (Å²) < 4.78 is 0. The number of aromatic nitrogens is 1. The number of nitrogens with zero attached hydrogens (tertiary/aromatic N) is 1. The highest BCUT2D eigenvalue weighted by atomic mass is 32.1. The average molecular weight is 328 g/mol. The van der Waals surface area contributed by atoms with Crippen LogP contribution in [0.2, 0.25) is 0 Å². The topological polar surface area (TPSA) is 42.0 Å². The van der Waals surface area contributed by atoms with Crippen molar-refractivity contribution in [2.45, 2.75) is 57.4 Å². The second-order valence-electron chi connectivity index (χ2n) is 6.33. The Morgan fingerprint density at radius 3 is 2.61 bits per heavy atom. The zero-order valence-electron chi connectivity index (χ0n) is 13.5. The molecule has 1 aromatic heterocycles. The Morgan fingerprint density at radius 1 is 1.13 bits per heavy atom. The fraction of sp³-hybridized carbons (Fsp3) is 0.474. The van der Waals surface area contributed by atoms with Gasteiger partial charge in [0.05, 0.1) is 17.1 Å². The number of hydrogen-bond acceptors (Lipinski definition) is 3. The minimum absolute atomic E-state index is 0.119. The molecule has 1 aromatic carbocycles. The first-order valence-electron chi connectivity index (χ1n) is 8.56. The molecule has 2 aromatic rings. The van der Waals surface area contributed by atoms with Gasteiger partial charge >= 0.3 is 0 Å². The van der Waals surface area contributed by atoms with Crippen molar-refractivity contribution >= 4 is 17.2 Å². The van der Waals surface area contributed by atoms with Crippen LogP contribution in [0.3, 0.4) is 0 Å². The molecule has 1 heterocycles. The lowest BCUT2D eigenvalue weighted by Gasteiger charge is -2.15. The number of carbonyl (C=O) groups is 1. The average Bonchev–Trinajstić information content (AvgIpc) is 2.82. The summed E-state index contributed by atoms with van der Waals surface area (Å²) >= 11 is 1.64. The molecule has 23 heavy (non-hydrogen) atoms. The zero-order valence-corrected chi connectivity index (χ0v) is 14.3. The van der Waals surface area contributed by atoms with E-state index in [1.807, 2.05) is 23.6 Å². The Bertz CT molecular complexity index is 615. The Hall–Kier alpha value is -1.68. The number of carbonyl (C=O) groups excluding carboxylic acids is 1. The maximum Gasteiger partial charge on any atom is 0.226 e. The third-order valence-corrected chi connectivity index (χ3v) is 5.26. The van der Waals surface area contributed by atoms with E-state index >= 15 is 0 Å². The van der Waals surface area contributed by atoms with Crippen molar-refractivity contribution in [3.05, 3.63) is 52.0 Å². The Balaban J connectivity index is 1.51. The predicted molar refractivity (Wildman–Crippen MR) is 94.7 cm³/mol. The highest BCUT2D eigenvalue weighted by Gasteiger charge is 2.15. The maximum atomic E-state index is 12.2. The van der Waals surface area contributed by atoms with Crippen LogP contribution in [0.5, 0.6) is 0 Å². The van der Waals surface area contributed by atoms with Gasteiger partial charge in [-0.2, -0.15) is 0 Å². The van der Waals surface area contributed by atoms with Crippen LogP contribution in [-0.2, 0) is 17.6 Å². The second kappa shape index (κ2) is 8.25. The van der Waals surface area contributed by atoms with Gasteiger partial charge in [0, 0.05) is 17.8 Å². The van der Waals surface area contributed by atoms with Gasteiger partial charge in [0.1, 0.15) is 0 Å². The van der Waals surface area contributed by atoms with Crippen molar-refractivity contribution < 1.29 is 4.79 Å². The van der Waals surface area contributed by atoms with E-state index < -0.39 is 0 Å². The van der Waals surface area contributed by atoms with Gasteiger partial charge in [-0.3, -0.25) is 4.79 Å². The molecule has 122 valence electrons. The van der Waals surface area contributed by atoms with E-state index in [1.165, 1.54) is 31.2 Å². The van der Waals surface area contributed by atoms with Crippen LogP contribution in [0.15, 0.2) is 35.7 Å². The molecule has 4 heteroatoms. The first kappa shape index (κ1) is 16.2. The maximum absolute atomic E-state index is 12.2. The molecule has 1 amide bonds. The SMILES string of the molecule is O=C(Cc1csc(Cc2ccccc2)n1)NC1CCCCCC1. The summed E-state index contributed by atoms with van der Waals surface area (Å²) in [6.45, 7) is 0. The smallest absolute Gasteiger partial charge is 0.226 e. The molecule has 0 saturated heterocycles. The quantitative estimate of drug-likeness (QED) is 0.839. The fourth-order valence-electron chi connectivity index (χ4n) is 3.15. The molecule has 1 aliphatic carbocycles. The van der Waals surface area contributed by atoms with Crippen LogP contribution in [0.25, 0.3) is 0 Å². The van der Waals surface area contributed by atoms with E-state index in [0.717, 1.165) is 30.0 Å². The van der Waals surface area contributed by atoms with Gasteiger partial charge in [-0.15, -0.1) is 11.3 Å². The summed E-state index contributed by atoms with van der Waals surface area (Å²) in [4.78, 5) is 16.8. The van der Waals surface area contributed by atoms with Crippen LogP contribution in [0.1, 0.15) is 54.8 Å². The summed E-state index contributed by atoms with van der Waals surface area (Å²) in [6.07, 6.45) is 8.59. The largest absolute Gasteiger partial charge is 0.353 e. The van der Waals surface area contributed by atoms with Gasteiger partial charge in [-0.25, -0.2) is 4.98 Å². The van der Waals surface area contributed by atoms with E-state index in [-0.39, 0.29) is 5.91 Å². The lowest BCUT2D eigenvalue weighted by Crippen LogP contribution is -2.35. The lowest BCUT2D eigenvalue weighted by atomic mass is 10.1. The van der Waals surface area contributed by atoms with Gasteiger partial charge in [0.15, 0.2) is 0 Å². The van der Waals surface area contributed by atoms with Crippen molar-refractivity contribution in [3.8, 4) is 0 Å². The number of nitrogens with one attached hydrogen (secondary N) is 1. The molecule has 1 aliphatic rings. The number of hydrogen-bond donors (Lipinski definition) is 1. The molecule has 3 rings (SSSR count). The van der Waals surface area contributed by atoms with Crippen LogP contribution < -0.4 is 5.32 Å². The molecule has 0 radical (unpaired) electrons. The minimum atomic E-state index is 0.119. The van der Waals surface area contributed by atoms with Gasteiger partial charge in [-0.05, 0) is 18.4 Å². The van der Waals surface area contributed by atoms with Crippen molar-refractivity contribution in [1.29, 1.82) is 0 Å². The Labute approximate surface area is 142 Å². The molecule has 0 spiro atoms. The third kappa shape index (κ3) is 5.17. The molecule has 1 fully saturated rings. The predicted octanol–water partition coefficient (Wildman–Crippen LogP) is 4.12. The molecule has 0 aliphatic heterocycles.